The topological polar surface area (TPSA) is 58.4 Å². The molecule has 6 heteroatoms. The van der Waals surface area contributed by atoms with E-state index in [2.05, 4.69) is 10.2 Å². The summed E-state index contributed by atoms with van der Waals surface area (Å²) >= 11 is 0. The minimum Gasteiger partial charge on any atom is -0.314 e. The Kier molecular flexibility index (Phi) is 6.39. The largest absolute Gasteiger partial charge is 0.314 e. The second kappa shape index (κ2) is 8.08. The zero-order valence-electron chi connectivity index (χ0n) is 13.5. The number of hydrogen-bond acceptors (Lipinski definition) is 4. The molecule has 0 aromatic heterocycles. The molecule has 0 atom stereocenters. The average Bonchev–Trinajstić information content (AvgIpc) is 2.55. The summed E-state index contributed by atoms with van der Waals surface area (Å²) in [4.78, 5) is 13.0. The van der Waals surface area contributed by atoms with E-state index in [0.717, 1.165) is 32.6 Å². The fourth-order valence-corrected chi connectivity index (χ4v) is 3.98. The van der Waals surface area contributed by atoms with E-state index in [9.17, 15) is 10.1 Å². The fourth-order valence-electron chi connectivity index (χ4n) is 3.98. The van der Waals surface area contributed by atoms with E-state index in [1.54, 1.807) is 12.1 Å². The average molecular weight is 340 g/mol. The molecule has 2 fully saturated rings. The van der Waals surface area contributed by atoms with Crippen LogP contribution in [-0.2, 0) is 6.42 Å². The van der Waals surface area contributed by atoms with Gasteiger partial charge in [0.1, 0.15) is 0 Å². The van der Waals surface area contributed by atoms with E-state index in [1.165, 1.54) is 37.7 Å². The van der Waals surface area contributed by atoms with Crippen molar-refractivity contribution in [3.63, 3.8) is 0 Å². The number of piperazine rings is 1. The lowest BCUT2D eigenvalue weighted by molar-refractivity contribution is -0.384. The summed E-state index contributed by atoms with van der Waals surface area (Å²) in [5.74, 6) is 0. The Balaban J connectivity index is 0.00000192. The van der Waals surface area contributed by atoms with Crippen molar-refractivity contribution in [3.8, 4) is 0 Å². The zero-order chi connectivity index (χ0) is 15.4. The first-order chi connectivity index (χ1) is 10.7. The first kappa shape index (κ1) is 18.2. The maximum absolute atomic E-state index is 10.7. The monoisotopic (exact) mass is 339 g/mol. The van der Waals surface area contributed by atoms with Gasteiger partial charge in [-0.25, -0.2) is 0 Å². The quantitative estimate of drug-likeness (QED) is 0.676. The van der Waals surface area contributed by atoms with Gasteiger partial charge in [0.2, 0.25) is 0 Å². The second-order valence-corrected chi connectivity index (χ2v) is 6.62. The zero-order valence-corrected chi connectivity index (χ0v) is 14.3. The van der Waals surface area contributed by atoms with Gasteiger partial charge in [0.15, 0.2) is 0 Å². The number of nitrogens with one attached hydrogen (secondary N) is 1. The molecule has 1 heterocycles. The van der Waals surface area contributed by atoms with Crippen LogP contribution in [0.5, 0.6) is 0 Å². The third-order valence-corrected chi connectivity index (χ3v) is 5.29. The van der Waals surface area contributed by atoms with Gasteiger partial charge in [-0.2, -0.15) is 0 Å². The normalized spacial score (nSPS) is 20.9. The highest BCUT2D eigenvalue weighted by Gasteiger charge is 2.39. The molecule has 1 N–H and O–H groups in total. The summed E-state index contributed by atoms with van der Waals surface area (Å²) in [6.45, 7) is 4.36. The number of non-ortho nitro benzene ring substituents is 1. The van der Waals surface area contributed by atoms with Crippen LogP contribution in [0.1, 0.15) is 37.7 Å². The molecule has 0 unspecified atom stereocenters. The van der Waals surface area contributed by atoms with Crippen molar-refractivity contribution in [2.24, 2.45) is 0 Å². The molecular formula is C17H26ClN3O2. The number of benzene rings is 1. The Hall–Kier alpha value is -1.17. The Morgan fingerprint density at radius 3 is 2.52 bits per heavy atom. The summed E-state index contributed by atoms with van der Waals surface area (Å²) in [6.07, 6.45) is 7.64. The molecule has 1 saturated heterocycles. The van der Waals surface area contributed by atoms with E-state index in [1.807, 2.05) is 12.1 Å². The maximum atomic E-state index is 10.7. The van der Waals surface area contributed by atoms with Crippen LogP contribution < -0.4 is 5.32 Å². The molecular weight excluding hydrogens is 314 g/mol. The number of nitro benzene ring substituents is 1. The lowest BCUT2D eigenvalue weighted by Crippen LogP contribution is -2.62. The van der Waals surface area contributed by atoms with Crippen LogP contribution in [0.2, 0.25) is 0 Å². The summed E-state index contributed by atoms with van der Waals surface area (Å²) in [5.41, 5.74) is 1.72. The van der Waals surface area contributed by atoms with E-state index >= 15 is 0 Å². The van der Waals surface area contributed by atoms with Crippen LogP contribution in [0.15, 0.2) is 24.3 Å². The van der Waals surface area contributed by atoms with Crippen molar-refractivity contribution in [2.75, 3.05) is 26.2 Å². The van der Waals surface area contributed by atoms with Crippen molar-refractivity contribution in [1.82, 2.24) is 10.2 Å². The molecule has 5 nitrogen and oxygen atoms in total. The second-order valence-electron chi connectivity index (χ2n) is 6.62. The predicted molar refractivity (Wildman–Crippen MR) is 94.3 cm³/mol. The van der Waals surface area contributed by atoms with Crippen LogP contribution in [0.4, 0.5) is 5.69 Å². The van der Waals surface area contributed by atoms with Crippen LogP contribution in [0.3, 0.4) is 0 Å². The van der Waals surface area contributed by atoms with Gasteiger partial charge in [-0.1, -0.05) is 31.4 Å². The number of nitrogens with zero attached hydrogens (tertiary/aromatic N) is 2. The van der Waals surface area contributed by atoms with Gasteiger partial charge >= 0.3 is 0 Å². The molecule has 0 radical (unpaired) electrons. The number of nitro groups is 1. The van der Waals surface area contributed by atoms with Crippen LogP contribution in [0, 0.1) is 10.1 Å². The fraction of sp³-hybridized carbons (Fsp3) is 0.647. The highest BCUT2D eigenvalue weighted by atomic mass is 35.5. The molecule has 0 bridgehead atoms. The lowest BCUT2D eigenvalue weighted by Gasteiger charge is -2.50. The first-order valence-corrected chi connectivity index (χ1v) is 8.39. The molecule has 1 spiro atoms. The molecule has 1 aliphatic heterocycles. The standard InChI is InChI=1S/C17H25N3O2.ClH/c21-20(22)16-6-4-15(5-7-16)8-12-19-13-11-18-14-17(19)9-2-1-3-10-17;/h4-7,18H,1-3,8-14H2;1H. The van der Waals surface area contributed by atoms with E-state index in [0.29, 0.717) is 5.54 Å². The summed E-state index contributed by atoms with van der Waals surface area (Å²) in [5, 5.41) is 14.3. The Morgan fingerprint density at radius 2 is 1.87 bits per heavy atom. The SMILES string of the molecule is Cl.O=[N+]([O-])c1ccc(CCN2CCNCC23CCCCC3)cc1. The third-order valence-electron chi connectivity index (χ3n) is 5.29. The van der Waals surface area contributed by atoms with Gasteiger partial charge in [-0.15, -0.1) is 12.4 Å². The van der Waals surface area contributed by atoms with Crippen molar-refractivity contribution in [2.45, 2.75) is 44.1 Å². The highest BCUT2D eigenvalue weighted by Crippen LogP contribution is 2.34. The molecule has 1 aromatic rings. The van der Waals surface area contributed by atoms with Gasteiger partial charge in [0, 0.05) is 43.9 Å². The number of hydrogen-bond donors (Lipinski definition) is 1. The molecule has 23 heavy (non-hydrogen) atoms. The van der Waals surface area contributed by atoms with E-state index in [4.69, 9.17) is 0 Å². The highest BCUT2D eigenvalue weighted by molar-refractivity contribution is 5.85. The van der Waals surface area contributed by atoms with Crippen LogP contribution in [-0.4, -0.2) is 41.5 Å². The molecule has 1 aromatic carbocycles. The van der Waals surface area contributed by atoms with Crippen LogP contribution >= 0.6 is 12.4 Å². The minimum atomic E-state index is -0.336. The van der Waals surface area contributed by atoms with Gasteiger partial charge < -0.3 is 5.32 Å². The van der Waals surface area contributed by atoms with Gasteiger partial charge in [0.05, 0.1) is 4.92 Å². The minimum absolute atomic E-state index is 0. The Morgan fingerprint density at radius 1 is 1.17 bits per heavy atom. The summed E-state index contributed by atoms with van der Waals surface area (Å²) in [6, 6.07) is 7.02. The van der Waals surface area contributed by atoms with E-state index in [-0.39, 0.29) is 23.0 Å². The maximum Gasteiger partial charge on any atom is 0.269 e. The molecule has 1 saturated carbocycles. The van der Waals surface area contributed by atoms with Crippen molar-refractivity contribution in [3.05, 3.63) is 39.9 Å². The Labute approximate surface area is 144 Å². The molecule has 2 aliphatic rings. The first-order valence-electron chi connectivity index (χ1n) is 8.39. The van der Waals surface area contributed by atoms with Crippen molar-refractivity contribution >= 4 is 18.1 Å². The smallest absolute Gasteiger partial charge is 0.269 e. The Bertz CT molecular complexity index is 507. The third kappa shape index (κ3) is 4.22. The van der Waals surface area contributed by atoms with Crippen molar-refractivity contribution < 1.29 is 4.92 Å². The molecule has 1 aliphatic carbocycles. The van der Waals surface area contributed by atoms with Gasteiger partial charge in [-0.3, -0.25) is 15.0 Å². The molecule has 0 amide bonds. The summed E-state index contributed by atoms with van der Waals surface area (Å²) in [7, 11) is 0. The lowest BCUT2D eigenvalue weighted by atomic mass is 9.79. The van der Waals surface area contributed by atoms with Gasteiger partial charge in [0.25, 0.3) is 5.69 Å². The van der Waals surface area contributed by atoms with Crippen LogP contribution in [0.25, 0.3) is 0 Å². The molecule has 3 rings (SSSR count). The number of halogens is 1. The summed E-state index contributed by atoms with van der Waals surface area (Å²) < 4.78 is 0. The number of rotatable bonds is 4. The van der Waals surface area contributed by atoms with E-state index < -0.39 is 0 Å². The predicted octanol–water partition coefficient (Wildman–Crippen LogP) is 3.17. The van der Waals surface area contributed by atoms with Crippen molar-refractivity contribution in [1.29, 1.82) is 0 Å². The molecule has 128 valence electrons. The van der Waals surface area contributed by atoms with Gasteiger partial charge in [-0.05, 0) is 24.8 Å².